The number of aromatic amines is 1. The van der Waals surface area contributed by atoms with Crippen LogP contribution < -0.4 is 4.87 Å². The van der Waals surface area contributed by atoms with Crippen molar-refractivity contribution in [3.63, 3.8) is 0 Å². The van der Waals surface area contributed by atoms with Gasteiger partial charge in [-0.2, -0.15) is 0 Å². The van der Waals surface area contributed by atoms with Gasteiger partial charge in [0.25, 0.3) is 0 Å². The van der Waals surface area contributed by atoms with E-state index in [-0.39, 0.29) is 4.87 Å². The molecular formula is C9H9NOS2. The van der Waals surface area contributed by atoms with Crippen LogP contribution in [0.1, 0.15) is 11.8 Å². The molecule has 0 amide bonds. The van der Waals surface area contributed by atoms with E-state index in [1.54, 1.807) is 11.3 Å². The quantitative estimate of drug-likeness (QED) is 0.814. The van der Waals surface area contributed by atoms with Crippen molar-refractivity contribution in [3.05, 3.63) is 32.1 Å². The Balaban J connectivity index is 2.40. The molecule has 0 saturated carbocycles. The van der Waals surface area contributed by atoms with Gasteiger partial charge in [-0.15, -0.1) is 11.3 Å². The molecule has 2 aromatic heterocycles. The SMILES string of the molecule is CCc1ccc(-c2csc(=O)[nH]2)s1. The third-order valence-electron chi connectivity index (χ3n) is 1.80. The molecule has 0 unspecified atom stereocenters. The molecule has 0 aliphatic carbocycles. The van der Waals surface area contributed by atoms with E-state index in [9.17, 15) is 4.79 Å². The van der Waals surface area contributed by atoms with Crippen molar-refractivity contribution < 1.29 is 0 Å². The van der Waals surface area contributed by atoms with Gasteiger partial charge in [0.2, 0.25) is 0 Å². The van der Waals surface area contributed by atoms with Gasteiger partial charge in [0, 0.05) is 10.3 Å². The minimum absolute atomic E-state index is 0.0152. The Morgan fingerprint density at radius 3 is 2.85 bits per heavy atom. The molecule has 0 radical (unpaired) electrons. The summed E-state index contributed by atoms with van der Waals surface area (Å²) in [6, 6.07) is 4.16. The largest absolute Gasteiger partial charge is 0.312 e. The van der Waals surface area contributed by atoms with Gasteiger partial charge in [-0.05, 0) is 18.6 Å². The Morgan fingerprint density at radius 2 is 2.31 bits per heavy atom. The van der Waals surface area contributed by atoms with Crippen molar-refractivity contribution in [2.24, 2.45) is 0 Å². The normalized spacial score (nSPS) is 10.5. The number of hydrogen-bond acceptors (Lipinski definition) is 3. The first-order chi connectivity index (χ1) is 6.29. The topological polar surface area (TPSA) is 32.9 Å². The molecule has 0 saturated heterocycles. The fourth-order valence-electron chi connectivity index (χ4n) is 1.11. The zero-order valence-corrected chi connectivity index (χ0v) is 8.80. The van der Waals surface area contributed by atoms with Crippen LogP contribution in [-0.2, 0) is 6.42 Å². The van der Waals surface area contributed by atoms with Gasteiger partial charge in [0.15, 0.2) is 0 Å². The zero-order chi connectivity index (χ0) is 9.26. The van der Waals surface area contributed by atoms with E-state index < -0.39 is 0 Å². The number of nitrogens with one attached hydrogen (secondary N) is 1. The highest BCUT2D eigenvalue weighted by Gasteiger charge is 2.03. The summed E-state index contributed by atoms with van der Waals surface area (Å²) < 4.78 is 0. The molecule has 2 rings (SSSR count). The van der Waals surface area contributed by atoms with Crippen LogP contribution in [-0.4, -0.2) is 4.98 Å². The summed E-state index contributed by atoms with van der Waals surface area (Å²) in [6.45, 7) is 2.13. The van der Waals surface area contributed by atoms with E-state index in [0.29, 0.717) is 0 Å². The second-order valence-electron chi connectivity index (χ2n) is 2.68. The molecule has 2 heterocycles. The highest BCUT2D eigenvalue weighted by atomic mass is 32.1. The zero-order valence-electron chi connectivity index (χ0n) is 7.16. The lowest BCUT2D eigenvalue weighted by Gasteiger charge is -1.87. The lowest BCUT2D eigenvalue weighted by atomic mass is 10.3. The fourth-order valence-corrected chi connectivity index (χ4v) is 2.69. The van der Waals surface area contributed by atoms with Crippen molar-refractivity contribution in [1.82, 2.24) is 4.98 Å². The Kier molecular flexibility index (Phi) is 2.33. The molecule has 13 heavy (non-hydrogen) atoms. The highest BCUT2D eigenvalue weighted by molar-refractivity contribution is 7.15. The van der Waals surface area contributed by atoms with Crippen molar-refractivity contribution in [3.8, 4) is 10.6 Å². The maximum Gasteiger partial charge on any atom is 0.304 e. The maximum absolute atomic E-state index is 10.9. The summed E-state index contributed by atoms with van der Waals surface area (Å²) in [6.07, 6.45) is 1.05. The lowest BCUT2D eigenvalue weighted by Crippen LogP contribution is -1.91. The molecule has 0 atom stereocenters. The standard InChI is InChI=1S/C9H9NOS2/c1-2-6-3-4-8(13-6)7-5-12-9(11)10-7/h3-5H,2H2,1H3,(H,10,11). The fraction of sp³-hybridized carbons (Fsp3) is 0.222. The van der Waals surface area contributed by atoms with Gasteiger partial charge in [-0.3, -0.25) is 4.79 Å². The summed E-state index contributed by atoms with van der Waals surface area (Å²) in [7, 11) is 0. The minimum atomic E-state index is 0.0152. The summed E-state index contributed by atoms with van der Waals surface area (Å²) in [4.78, 5) is 16.2. The number of aromatic nitrogens is 1. The van der Waals surface area contributed by atoms with E-state index in [1.807, 2.05) is 5.38 Å². The van der Waals surface area contributed by atoms with Crippen LogP contribution in [0.4, 0.5) is 0 Å². The second-order valence-corrected chi connectivity index (χ2v) is 4.69. The van der Waals surface area contributed by atoms with Gasteiger partial charge in [-0.1, -0.05) is 18.3 Å². The number of hydrogen-bond donors (Lipinski definition) is 1. The van der Waals surface area contributed by atoms with Crippen LogP contribution in [0.3, 0.4) is 0 Å². The monoisotopic (exact) mass is 211 g/mol. The average Bonchev–Trinajstić information content (AvgIpc) is 2.71. The maximum atomic E-state index is 10.9. The molecule has 0 aliphatic rings. The van der Waals surface area contributed by atoms with Crippen molar-refractivity contribution in [2.75, 3.05) is 0 Å². The van der Waals surface area contributed by atoms with Crippen LogP contribution in [0, 0.1) is 0 Å². The third kappa shape index (κ3) is 1.73. The number of thiophene rings is 1. The van der Waals surface area contributed by atoms with Crippen molar-refractivity contribution >= 4 is 22.7 Å². The molecule has 1 N–H and O–H groups in total. The van der Waals surface area contributed by atoms with E-state index in [2.05, 4.69) is 24.0 Å². The summed E-state index contributed by atoms with van der Waals surface area (Å²) in [5.74, 6) is 0. The van der Waals surface area contributed by atoms with Crippen molar-refractivity contribution in [2.45, 2.75) is 13.3 Å². The van der Waals surface area contributed by atoms with Gasteiger partial charge < -0.3 is 4.98 Å². The van der Waals surface area contributed by atoms with Crippen LogP contribution >= 0.6 is 22.7 Å². The summed E-state index contributed by atoms with van der Waals surface area (Å²) in [5.41, 5.74) is 0.944. The first-order valence-electron chi connectivity index (χ1n) is 4.06. The van der Waals surface area contributed by atoms with E-state index in [0.717, 1.165) is 17.0 Å². The average molecular weight is 211 g/mol. The molecule has 0 bridgehead atoms. The highest BCUT2D eigenvalue weighted by Crippen LogP contribution is 2.26. The van der Waals surface area contributed by atoms with Crippen LogP contribution in [0.5, 0.6) is 0 Å². The second kappa shape index (κ2) is 3.47. The predicted molar refractivity (Wildman–Crippen MR) is 57.6 cm³/mol. The molecule has 4 heteroatoms. The Labute approximate surface area is 83.9 Å². The predicted octanol–water partition coefficient (Wildman–Crippen LogP) is 2.73. The molecular weight excluding hydrogens is 202 g/mol. The minimum Gasteiger partial charge on any atom is -0.312 e. The van der Waals surface area contributed by atoms with E-state index in [1.165, 1.54) is 16.2 Å². The molecule has 0 fully saturated rings. The van der Waals surface area contributed by atoms with Crippen LogP contribution in [0.2, 0.25) is 0 Å². The number of thiazole rings is 1. The smallest absolute Gasteiger partial charge is 0.304 e. The first-order valence-corrected chi connectivity index (χ1v) is 5.76. The summed E-state index contributed by atoms with van der Waals surface area (Å²) in [5, 5.41) is 1.87. The van der Waals surface area contributed by atoms with Crippen LogP contribution in [0.25, 0.3) is 10.6 Å². The van der Waals surface area contributed by atoms with Gasteiger partial charge in [0.05, 0.1) is 10.6 Å². The third-order valence-corrected chi connectivity index (χ3v) is 3.73. The van der Waals surface area contributed by atoms with Crippen LogP contribution in [0.15, 0.2) is 22.3 Å². The van der Waals surface area contributed by atoms with Crippen molar-refractivity contribution in [1.29, 1.82) is 0 Å². The molecule has 0 aliphatic heterocycles. The van der Waals surface area contributed by atoms with Gasteiger partial charge >= 0.3 is 4.87 Å². The number of H-pyrrole nitrogens is 1. The first kappa shape index (κ1) is 8.72. The lowest BCUT2D eigenvalue weighted by molar-refractivity contribution is 1.19. The Bertz CT molecular complexity index is 452. The molecule has 0 spiro atoms. The summed E-state index contributed by atoms with van der Waals surface area (Å²) >= 11 is 2.95. The molecule has 2 nitrogen and oxygen atoms in total. The van der Waals surface area contributed by atoms with E-state index >= 15 is 0 Å². The van der Waals surface area contributed by atoms with Gasteiger partial charge in [0.1, 0.15) is 0 Å². The number of rotatable bonds is 2. The Morgan fingerprint density at radius 1 is 1.46 bits per heavy atom. The van der Waals surface area contributed by atoms with E-state index in [4.69, 9.17) is 0 Å². The molecule has 2 aromatic rings. The Hall–Kier alpha value is -0.870. The molecule has 0 aromatic carbocycles. The molecule has 68 valence electrons. The van der Waals surface area contributed by atoms with Gasteiger partial charge in [-0.25, -0.2) is 0 Å². The number of aryl methyl sites for hydroxylation is 1.